The Kier molecular flexibility index (Phi) is 2.91. The summed E-state index contributed by atoms with van der Waals surface area (Å²) in [4.78, 5) is 0. The lowest BCUT2D eigenvalue weighted by Gasteiger charge is -2.19. The van der Waals surface area contributed by atoms with Gasteiger partial charge in [-0.15, -0.1) is 11.6 Å². The van der Waals surface area contributed by atoms with Crippen molar-refractivity contribution in [1.82, 2.24) is 0 Å². The molecule has 4 heteroatoms. The van der Waals surface area contributed by atoms with Crippen molar-refractivity contribution >= 4 is 11.6 Å². The lowest BCUT2D eigenvalue weighted by atomic mass is 10.0. The molecule has 1 aromatic carbocycles. The average Bonchev–Trinajstić information content (AvgIpc) is 2.02. The van der Waals surface area contributed by atoms with Gasteiger partial charge in [-0.25, -0.2) is 4.39 Å². The first-order valence-electron chi connectivity index (χ1n) is 3.82. The lowest BCUT2D eigenvalue weighted by Crippen LogP contribution is -2.33. The normalized spacial score (nSPS) is 15.5. The molecule has 0 fully saturated rings. The molecule has 0 unspecified atom stereocenters. The standard InChI is InChI=1S/C9H11ClFNO/c1-9(12,13)7-4-2-3-6(5-10)8(7)11/h2-4,13H,5,12H2,1H3/t9-/m0/s1. The summed E-state index contributed by atoms with van der Waals surface area (Å²) >= 11 is 5.49. The summed E-state index contributed by atoms with van der Waals surface area (Å²) in [7, 11) is 0. The van der Waals surface area contributed by atoms with E-state index in [1.165, 1.54) is 13.0 Å². The van der Waals surface area contributed by atoms with Crippen LogP contribution in [0.5, 0.6) is 0 Å². The Labute approximate surface area is 81.1 Å². The summed E-state index contributed by atoms with van der Waals surface area (Å²) in [5, 5.41) is 9.38. The van der Waals surface area contributed by atoms with Crippen molar-refractivity contribution in [2.75, 3.05) is 0 Å². The third-order valence-electron chi connectivity index (χ3n) is 1.77. The highest BCUT2D eigenvalue weighted by atomic mass is 35.5. The minimum atomic E-state index is -1.66. The molecule has 0 saturated heterocycles. The maximum Gasteiger partial charge on any atom is 0.139 e. The summed E-state index contributed by atoms with van der Waals surface area (Å²) in [6, 6.07) is 4.60. The first-order valence-corrected chi connectivity index (χ1v) is 4.35. The number of benzene rings is 1. The van der Waals surface area contributed by atoms with Gasteiger partial charge in [-0.05, 0) is 6.92 Å². The smallest absolute Gasteiger partial charge is 0.139 e. The fraction of sp³-hybridized carbons (Fsp3) is 0.333. The molecular formula is C9H11ClFNO. The highest BCUT2D eigenvalue weighted by molar-refractivity contribution is 6.17. The van der Waals surface area contributed by atoms with Gasteiger partial charge in [0.2, 0.25) is 0 Å². The topological polar surface area (TPSA) is 46.2 Å². The summed E-state index contributed by atoms with van der Waals surface area (Å²) < 4.78 is 13.4. The molecule has 0 saturated carbocycles. The van der Waals surface area contributed by atoms with E-state index in [0.717, 1.165) is 0 Å². The van der Waals surface area contributed by atoms with Crippen LogP contribution < -0.4 is 5.73 Å². The van der Waals surface area contributed by atoms with E-state index in [1.54, 1.807) is 12.1 Å². The SMILES string of the molecule is C[C@](N)(O)c1cccc(CCl)c1F. The van der Waals surface area contributed by atoms with E-state index < -0.39 is 11.5 Å². The van der Waals surface area contributed by atoms with Gasteiger partial charge in [0.05, 0.1) is 5.88 Å². The first kappa shape index (κ1) is 10.4. The van der Waals surface area contributed by atoms with E-state index >= 15 is 0 Å². The number of rotatable bonds is 2. The van der Waals surface area contributed by atoms with E-state index in [0.29, 0.717) is 5.56 Å². The predicted octanol–water partition coefficient (Wildman–Crippen LogP) is 1.69. The molecule has 2 nitrogen and oxygen atoms in total. The van der Waals surface area contributed by atoms with Crippen LogP contribution in [-0.2, 0) is 11.6 Å². The second-order valence-electron chi connectivity index (χ2n) is 3.06. The predicted molar refractivity (Wildman–Crippen MR) is 49.7 cm³/mol. The molecule has 0 spiro atoms. The Hall–Kier alpha value is -0.640. The van der Waals surface area contributed by atoms with Gasteiger partial charge in [-0.3, -0.25) is 5.73 Å². The Morgan fingerprint density at radius 3 is 2.69 bits per heavy atom. The zero-order chi connectivity index (χ0) is 10.1. The Morgan fingerprint density at radius 2 is 2.23 bits per heavy atom. The second kappa shape index (κ2) is 3.62. The van der Waals surface area contributed by atoms with Crippen LogP contribution in [0.4, 0.5) is 4.39 Å². The largest absolute Gasteiger partial charge is 0.372 e. The molecule has 0 aliphatic heterocycles. The molecule has 0 radical (unpaired) electrons. The third kappa shape index (κ3) is 2.18. The average molecular weight is 204 g/mol. The van der Waals surface area contributed by atoms with Crippen molar-refractivity contribution in [3.8, 4) is 0 Å². The third-order valence-corrected chi connectivity index (χ3v) is 2.06. The van der Waals surface area contributed by atoms with Crippen LogP contribution in [-0.4, -0.2) is 5.11 Å². The number of hydrogen-bond acceptors (Lipinski definition) is 2. The van der Waals surface area contributed by atoms with Gasteiger partial charge in [0.15, 0.2) is 0 Å². The van der Waals surface area contributed by atoms with E-state index in [9.17, 15) is 9.50 Å². The van der Waals surface area contributed by atoms with Crippen molar-refractivity contribution in [3.05, 3.63) is 35.1 Å². The van der Waals surface area contributed by atoms with E-state index in [-0.39, 0.29) is 11.4 Å². The van der Waals surface area contributed by atoms with E-state index in [4.69, 9.17) is 17.3 Å². The Balaban J connectivity index is 3.24. The Bertz CT molecular complexity index is 309. The maximum atomic E-state index is 13.4. The van der Waals surface area contributed by atoms with Crippen molar-refractivity contribution in [1.29, 1.82) is 0 Å². The fourth-order valence-electron chi connectivity index (χ4n) is 1.07. The Morgan fingerprint density at radius 1 is 1.62 bits per heavy atom. The fourth-order valence-corrected chi connectivity index (χ4v) is 1.28. The van der Waals surface area contributed by atoms with Crippen LogP contribution in [0.15, 0.2) is 18.2 Å². The van der Waals surface area contributed by atoms with Gasteiger partial charge in [0.1, 0.15) is 11.5 Å². The molecule has 0 bridgehead atoms. The van der Waals surface area contributed by atoms with Crippen LogP contribution in [0.1, 0.15) is 18.1 Å². The van der Waals surface area contributed by atoms with Crippen molar-refractivity contribution < 1.29 is 9.50 Å². The van der Waals surface area contributed by atoms with Gasteiger partial charge in [-0.1, -0.05) is 18.2 Å². The minimum absolute atomic E-state index is 0.0608. The first-order chi connectivity index (χ1) is 5.96. The molecular weight excluding hydrogens is 193 g/mol. The molecule has 0 amide bonds. The summed E-state index contributed by atoms with van der Waals surface area (Å²) in [6.07, 6.45) is 0. The van der Waals surface area contributed by atoms with E-state index in [1.807, 2.05) is 0 Å². The molecule has 0 heterocycles. The number of aliphatic hydroxyl groups is 1. The number of nitrogens with two attached hydrogens (primary N) is 1. The summed E-state index contributed by atoms with van der Waals surface area (Å²) in [5.41, 5.74) is 4.09. The number of alkyl halides is 1. The van der Waals surface area contributed by atoms with Crippen LogP contribution in [0.2, 0.25) is 0 Å². The van der Waals surface area contributed by atoms with Crippen molar-refractivity contribution in [2.24, 2.45) is 5.73 Å². The van der Waals surface area contributed by atoms with Crippen molar-refractivity contribution in [3.63, 3.8) is 0 Å². The lowest BCUT2D eigenvalue weighted by molar-refractivity contribution is 0.0606. The maximum absolute atomic E-state index is 13.4. The number of halogens is 2. The second-order valence-corrected chi connectivity index (χ2v) is 3.33. The summed E-state index contributed by atoms with van der Waals surface area (Å²) in [5.74, 6) is -0.472. The zero-order valence-corrected chi connectivity index (χ0v) is 7.98. The molecule has 0 aliphatic carbocycles. The van der Waals surface area contributed by atoms with Gasteiger partial charge in [-0.2, -0.15) is 0 Å². The van der Waals surface area contributed by atoms with Crippen LogP contribution in [0.25, 0.3) is 0 Å². The minimum Gasteiger partial charge on any atom is -0.372 e. The van der Waals surface area contributed by atoms with Crippen LogP contribution >= 0.6 is 11.6 Å². The van der Waals surface area contributed by atoms with Gasteiger partial charge in [0, 0.05) is 11.1 Å². The van der Waals surface area contributed by atoms with Gasteiger partial charge in [0.25, 0.3) is 0 Å². The monoisotopic (exact) mass is 203 g/mol. The highest BCUT2D eigenvalue weighted by Gasteiger charge is 2.22. The van der Waals surface area contributed by atoms with Crippen LogP contribution in [0, 0.1) is 5.82 Å². The molecule has 1 aromatic rings. The molecule has 13 heavy (non-hydrogen) atoms. The molecule has 72 valence electrons. The quantitative estimate of drug-likeness (QED) is 0.568. The zero-order valence-electron chi connectivity index (χ0n) is 7.22. The van der Waals surface area contributed by atoms with E-state index in [2.05, 4.69) is 0 Å². The van der Waals surface area contributed by atoms with Crippen molar-refractivity contribution in [2.45, 2.75) is 18.5 Å². The highest BCUT2D eigenvalue weighted by Crippen LogP contribution is 2.21. The molecule has 0 aromatic heterocycles. The molecule has 1 rings (SSSR count). The molecule has 1 atom stereocenters. The van der Waals surface area contributed by atoms with Crippen LogP contribution in [0.3, 0.4) is 0 Å². The number of hydrogen-bond donors (Lipinski definition) is 2. The molecule has 0 aliphatic rings. The molecule has 3 N–H and O–H groups in total. The van der Waals surface area contributed by atoms with Gasteiger partial charge < -0.3 is 5.11 Å². The summed E-state index contributed by atoms with van der Waals surface area (Å²) in [6.45, 7) is 1.32. The van der Waals surface area contributed by atoms with Gasteiger partial charge >= 0.3 is 0 Å².